The third kappa shape index (κ3) is 2.30. The van der Waals surface area contributed by atoms with Crippen LogP contribution >= 0.6 is 0 Å². The number of hydrogen-bond donors (Lipinski definition) is 0. The van der Waals surface area contributed by atoms with Gasteiger partial charge in [0.2, 0.25) is 5.91 Å². The molecule has 0 spiro atoms. The van der Waals surface area contributed by atoms with Gasteiger partial charge in [0.05, 0.1) is 17.7 Å². The van der Waals surface area contributed by atoms with Gasteiger partial charge < -0.3 is 4.90 Å². The summed E-state index contributed by atoms with van der Waals surface area (Å²) in [5.41, 5.74) is -1.05. The largest absolute Gasteiger partial charge is 0.332 e. The maximum Gasteiger partial charge on any atom is 0.259 e. The normalized spacial score (nSPS) is 30.4. The van der Waals surface area contributed by atoms with Crippen molar-refractivity contribution in [2.45, 2.75) is 51.1 Å². The van der Waals surface area contributed by atoms with Crippen LogP contribution in [0.25, 0.3) is 0 Å². The Hall–Kier alpha value is -2.03. The molecule has 2 aliphatic heterocycles. The minimum absolute atomic E-state index is 0.103. The Labute approximate surface area is 132 Å². The van der Waals surface area contributed by atoms with Gasteiger partial charge in [-0.1, -0.05) is 0 Å². The summed E-state index contributed by atoms with van der Waals surface area (Å²) in [6.45, 7) is 2.08. The molecule has 0 N–H and O–H groups in total. The van der Waals surface area contributed by atoms with E-state index in [0.29, 0.717) is 18.4 Å². The molecular formula is C17H17F3N2O. The van der Waals surface area contributed by atoms with Crippen LogP contribution in [0.2, 0.25) is 0 Å². The van der Waals surface area contributed by atoms with Crippen molar-refractivity contribution in [1.29, 1.82) is 5.26 Å². The van der Waals surface area contributed by atoms with Crippen LogP contribution in [-0.2, 0) is 4.79 Å². The molecule has 1 unspecified atom stereocenters. The molecule has 2 aliphatic rings. The van der Waals surface area contributed by atoms with Gasteiger partial charge in [-0.2, -0.15) is 5.26 Å². The van der Waals surface area contributed by atoms with Gasteiger partial charge in [0.15, 0.2) is 0 Å². The minimum atomic E-state index is -3.11. The number of nitrogens with zero attached hydrogens (tertiary/aromatic N) is 2. The average Bonchev–Trinajstić information content (AvgIpc) is 2.97. The van der Waals surface area contributed by atoms with E-state index in [1.807, 2.05) is 6.07 Å². The predicted molar refractivity (Wildman–Crippen MR) is 77.1 cm³/mol. The fourth-order valence-corrected chi connectivity index (χ4v) is 3.80. The topological polar surface area (TPSA) is 44.1 Å². The molecule has 1 aromatic carbocycles. The van der Waals surface area contributed by atoms with Crippen molar-refractivity contribution in [3.8, 4) is 6.07 Å². The van der Waals surface area contributed by atoms with Crippen LogP contribution in [-0.4, -0.2) is 22.8 Å². The summed E-state index contributed by atoms with van der Waals surface area (Å²) < 4.78 is 41.5. The highest BCUT2D eigenvalue weighted by atomic mass is 19.3. The van der Waals surface area contributed by atoms with Gasteiger partial charge >= 0.3 is 0 Å². The number of carbonyl (C=O) groups excluding carboxylic acids is 1. The summed E-state index contributed by atoms with van der Waals surface area (Å²) in [6.07, 6.45) is 1.31. The highest BCUT2D eigenvalue weighted by Gasteiger charge is 2.62. The number of amides is 1. The number of nitriles is 1. The lowest BCUT2D eigenvalue weighted by Gasteiger charge is -2.31. The highest BCUT2D eigenvalue weighted by molar-refractivity contribution is 5.87. The first-order valence-electron chi connectivity index (χ1n) is 7.58. The fraction of sp³-hybridized carbons (Fsp3) is 0.529. The number of benzene rings is 1. The zero-order valence-corrected chi connectivity index (χ0v) is 12.9. The molecule has 23 heavy (non-hydrogen) atoms. The van der Waals surface area contributed by atoms with Crippen molar-refractivity contribution in [3.05, 3.63) is 35.1 Å². The summed E-state index contributed by atoms with van der Waals surface area (Å²) in [5.74, 6) is -4.25. The lowest BCUT2D eigenvalue weighted by Crippen LogP contribution is -2.44. The molecular weight excluding hydrogens is 305 g/mol. The Balaban J connectivity index is 1.98. The lowest BCUT2D eigenvalue weighted by atomic mass is 9.80. The third-order valence-corrected chi connectivity index (χ3v) is 5.26. The molecule has 3 rings (SSSR count). The van der Waals surface area contributed by atoms with Gasteiger partial charge in [-0.05, 0) is 49.9 Å². The second-order valence-electron chi connectivity index (χ2n) is 6.77. The van der Waals surface area contributed by atoms with Gasteiger partial charge in [0.1, 0.15) is 11.2 Å². The molecule has 1 amide bonds. The zero-order valence-electron chi connectivity index (χ0n) is 12.9. The first-order chi connectivity index (χ1) is 10.7. The van der Waals surface area contributed by atoms with E-state index in [1.54, 1.807) is 0 Å². The van der Waals surface area contributed by atoms with Gasteiger partial charge in [-0.3, -0.25) is 4.79 Å². The summed E-state index contributed by atoms with van der Waals surface area (Å²) in [7, 11) is 0. The second-order valence-corrected chi connectivity index (χ2v) is 6.77. The summed E-state index contributed by atoms with van der Waals surface area (Å²) in [5, 5.41) is 8.96. The summed E-state index contributed by atoms with van der Waals surface area (Å²) in [4.78, 5) is 14.1. The molecule has 0 radical (unpaired) electrons. The number of carbonyl (C=O) groups is 1. The number of alkyl halides is 2. The average molecular weight is 322 g/mol. The Bertz CT molecular complexity index is 707. The maximum atomic E-state index is 13.9. The molecule has 0 aromatic heterocycles. The number of fused-ring (bicyclic) bond motifs is 1. The van der Waals surface area contributed by atoms with Crippen LogP contribution in [0, 0.1) is 22.6 Å². The van der Waals surface area contributed by atoms with Crippen LogP contribution in [0.3, 0.4) is 0 Å². The van der Waals surface area contributed by atoms with E-state index in [-0.39, 0.29) is 18.0 Å². The van der Waals surface area contributed by atoms with Gasteiger partial charge in [-0.25, -0.2) is 13.2 Å². The first-order valence-corrected chi connectivity index (χ1v) is 7.58. The molecule has 3 atom stereocenters. The van der Waals surface area contributed by atoms with E-state index >= 15 is 0 Å². The first kappa shape index (κ1) is 15.9. The number of halogens is 3. The monoisotopic (exact) mass is 322 g/mol. The van der Waals surface area contributed by atoms with E-state index in [4.69, 9.17) is 5.26 Å². The molecule has 2 fully saturated rings. The Kier molecular flexibility index (Phi) is 3.44. The van der Waals surface area contributed by atoms with E-state index in [0.717, 1.165) is 13.0 Å². The molecule has 0 bridgehead atoms. The molecule has 2 heterocycles. The molecule has 2 saturated heterocycles. The SMILES string of the molecule is CC(F)(F)C1(C)C[C@H]2CC[C@H](c3cc(F)cc(C#N)c3)N2C1=O. The summed E-state index contributed by atoms with van der Waals surface area (Å²) in [6, 6.07) is 5.11. The van der Waals surface area contributed by atoms with Crippen molar-refractivity contribution >= 4 is 5.91 Å². The van der Waals surface area contributed by atoms with Crippen molar-refractivity contribution < 1.29 is 18.0 Å². The summed E-state index contributed by atoms with van der Waals surface area (Å²) >= 11 is 0. The van der Waals surface area contributed by atoms with Crippen LogP contribution in [0.1, 0.15) is 50.3 Å². The van der Waals surface area contributed by atoms with E-state index < -0.39 is 29.1 Å². The van der Waals surface area contributed by atoms with Crippen molar-refractivity contribution in [2.75, 3.05) is 0 Å². The van der Waals surface area contributed by atoms with Gasteiger partial charge in [-0.15, -0.1) is 0 Å². The van der Waals surface area contributed by atoms with Crippen molar-refractivity contribution in [1.82, 2.24) is 4.90 Å². The highest BCUT2D eigenvalue weighted by Crippen LogP contribution is 2.54. The van der Waals surface area contributed by atoms with Gasteiger partial charge in [0.25, 0.3) is 5.92 Å². The smallest absolute Gasteiger partial charge is 0.259 e. The maximum absolute atomic E-state index is 13.9. The molecule has 3 nitrogen and oxygen atoms in total. The predicted octanol–water partition coefficient (Wildman–Crippen LogP) is 3.79. The Morgan fingerprint density at radius 2 is 2.04 bits per heavy atom. The van der Waals surface area contributed by atoms with E-state index in [9.17, 15) is 18.0 Å². The van der Waals surface area contributed by atoms with Crippen LogP contribution < -0.4 is 0 Å². The molecule has 0 aliphatic carbocycles. The third-order valence-electron chi connectivity index (χ3n) is 5.26. The van der Waals surface area contributed by atoms with Crippen LogP contribution in [0.15, 0.2) is 18.2 Å². The zero-order chi connectivity index (χ0) is 17.0. The molecule has 122 valence electrons. The van der Waals surface area contributed by atoms with Crippen LogP contribution in [0.4, 0.5) is 13.2 Å². The number of rotatable bonds is 2. The quantitative estimate of drug-likeness (QED) is 0.831. The van der Waals surface area contributed by atoms with Gasteiger partial charge in [0, 0.05) is 13.0 Å². The second kappa shape index (κ2) is 4.98. The molecule has 0 saturated carbocycles. The molecule has 1 aromatic rings. The number of hydrogen-bond acceptors (Lipinski definition) is 2. The van der Waals surface area contributed by atoms with E-state index in [2.05, 4.69) is 0 Å². The fourth-order valence-electron chi connectivity index (χ4n) is 3.80. The minimum Gasteiger partial charge on any atom is -0.332 e. The van der Waals surface area contributed by atoms with E-state index in [1.165, 1.54) is 24.0 Å². The molecule has 6 heteroatoms. The Morgan fingerprint density at radius 3 is 2.65 bits per heavy atom. The Morgan fingerprint density at radius 1 is 1.35 bits per heavy atom. The van der Waals surface area contributed by atoms with Crippen LogP contribution in [0.5, 0.6) is 0 Å². The standard InChI is InChI=1S/C17H17F3N2O/c1-16(17(2,19)20)8-13-3-4-14(22(13)15(16)23)11-5-10(9-21)6-12(18)7-11/h5-7,13-14H,3-4,8H2,1-2H3/t13-,14-,16?/m1/s1. The van der Waals surface area contributed by atoms with Crippen molar-refractivity contribution in [2.24, 2.45) is 5.41 Å². The van der Waals surface area contributed by atoms with Crippen molar-refractivity contribution in [3.63, 3.8) is 0 Å². The lowest BCUT2D eigenvalue weighted by molar-refractivity contribution is -0.156.